The normalized spacial score (nSPS) is 10.6. The zero-order chi connectivity index (χ0) is 13.9. The van der Waals surface area contributed by atoms with Crippen LogP contribution in [0.15, 0.2) is 70.6 Å². The molecule has 5 heteroatoms. The number of aromatic nitrogens is 1. The van der Waals surface area contributed by atoms with Crippen LogP contribution in [0, 0.1) is 10.1 Å². The quantitative estimate of drug-likeness (QED) is 0.531. The van der Waals surface area contributed by atoms with Gasteiger partial charge in [-0.25, -0.2) is 4.98 Å². The average molecular weight is 282 g/mol. The molecule has 4 nitrogen and oxygen atoms in total. The van der Waals surface area contributed by atoms with E-state index in [0.717, 1.165) is 9.92 Å². The summed E-state index contributed by atoms with van der Waals surface area (Å²) in [6, 6.07) is 18.4. The Bertz CT molecular complexity index is 775. The third kappa shape index (κ3) is 2.48. The van der Waals surface area contributed by atoms with Crippen LogP contribution in [0.25, 0.3) is 10.9 Å². The largest absolute Gasteiger partial charge is 0.278 e. The summed E-state index contributed by atoms with van der Waals surface area (Å²) in [5, 5.41) is 12.4. The molecule has 0 aliphatic carbocycles. The fourth-order valence-corrected chi connectivity index (χ4v) is 2.76. The molecule has 20 heavy (non-hydrogen) atoms. The van der Waals surface area contributed by atoms with Crippen molar-refractivity contribution in [2.45, 2.75) is 9.92 Å². The van der Waals surface area contributed by atoms with Crippen LogP contribution in [0.4, 0.5) is 5.69 Å². The van der Waals surface area contributed by atoms with Crippen LogP contribution in [-0.2, 0) is 0 Å². The van der Waals surface area contributed by atoms with E-state index >= 15 is 0 Å². The Labute approximate surface area is 119 Å². The van der Waals surface area contributed by atoms with Gasteiger partial charge in [-0.15, -0.1) is 0 Å². The second-order valence-electron chi connectivity index (χ2n) is 4.17. The molecule has 0 atom stereocenters. The molecule has 0 fully saturated rings. The molecule has 98 valence electrons. The van der Waals surface area contributed by atoms with Gasteiger partial charge in [0.25, 0.3) is 5.69 Å². The van der Waals surface area contributed by atoms with Crippen molar-refractivity contribution < 1.29 is 4.92 Å². The fraction of sp³-hybridized carbons (Fsp3) is 0. The highest BCUT2D eigenvalue weighted by Gasteiger charge is 2.12. The van der Waals surface area contributed by atoms with Crippen LogP contribution >= 0.6 is 11.8 Å². The molecule has 0 bridgehead atoms. The Morgan fingerprint density at radius 3 is 2.50 bits per heavy atom. The van der Waals surface area contributed by atoms with E-state index in [1.54, 1.807) is 18.2 Å². The summed E-state index contributed by atoms with van der Waals surface area (Å²) < 4.78 is 0. The highest BCUT2D eigenvalue weighted by atomic mass is 32.2. The highest BCUT2D eigenvalue weighted by Crippen LogP contribution is 2.30. The first-order chi connectivity index (χ1) is 9.74. The van der Waals surface area contributed by atoms with Crippen molar-refractivity contribution >= 4 is 28.4 Å². The molecule has 0 saturated heterocycles. The number of rotatable bonds is 3. The van der Waals surface area contributed by atoms with Gasteiger partial charge in [0, 0.05) is 11.0 Å². The van der Waals surface area contributed by atoms with Crippen LogP contribution < -0.4 is 0 Å². The van der Waals surface area contributed by atoms with Gasteiger partial charge < -0.3 is 0 Å². The van der Waals surface area contributed by atoms with E-state index in [1.807, 2.05) is 36.4 Å². The second kappa shape index (κ2) is 5.30. The molecule has 0 unspecified atom stereocenters. The van der Waals surface area contributed by atoms with E-state index in [-0.39, 0.29) is 10.6 Å². The molecule has 0 aliphatic rings. The minimum absolute atomic E-state index is 0.0891. The predicted molar refractivity (Wildman–Crippen MR) is 79.0 cm³/mol. The summed E-state index contributed by atoms with van der Waals surface area (Å²) in [5.41, 5.74) is 0.728. The van der Waals surface area contributed by atoms with Crippen LogP contribution in [0.2, 0.25) is 0 Å². The van der Waals surface area contributed by atoms with Gasteiger partial charge in [0.2, 0.25) is 0 Å². The molecule has 1 heterocycles. The summed E-state index contributed by atoms with van der Waals surface area (Å²) in [4.78, 5) is 16.1. The van der Waals surface area contributed by atoms with Crippen molar-refractivity contribution in [3.05, 3.63) is 70.8 Å². The van der Waals surface area contributed by atoms with Crippen LogP contribution in [0.3, 0.4) is 0 Å². The molecule has 0 saturated carbocycles. The molecular weight excluding hydrogens is 272 g/mol. The van der Waals surface area contributed by atoms with Crippen molar-refractivity contribution in [2.75, 3.05) is 0 Å². The van der Waals surface area contributed by atoms with Crippen LogP contribution in [0.5, 0.6) is 0 Å². The zero-order valence-corrected chi connectivity index (χ0v) is 11.2. The van der Waals surface area contributed by atoms with Gasteiger partial charge in [-0.1, -0.05) is 36.0 Å². The number of non-ortho nitro benzene ring substituents is 1. The lowest BCUT2D eigenvalue weighted by Crippen LogP contribution is -1.91. The van der Waals surface area contributed by atoms with E-state index in [4.69, 9.17) is 0 Å². The topological polar surface area (TPSA) is 56.0 Å². The Balaban J connectivity index is 2.01. The summed E-state index contributed by atoms with van der Waals surface area (Å²) in [6.07, 6.45) is 0. The lowest BCUT2D eigenvalue weighted by Gasteiger charge is -2.03. The maximum absolute atomic E-state index is 11.0. The van der Waals surface area contributed by atoms with Crippen LogP contribution in [0.1, 0.15) is 0 Å². The van der Waals surface area contributed by atoms with Gasteiger partial charge in [0.05, 0.1) is 15.8 Å². The first-order valence-electron chi connectivity index (χ1n) is 6.01. The number of pyridine rings is 1. The second-order valence-corrected chi connectivity index (χ2v) is 5.26. The number of nitrogens with zero attached hydrogens (tertiary/aromatic N) is 2. The lowest BCUT2D eigenvalue weighted by molar-refractivity contribution is -0.383. The van der Waals surface area contributed by atoms with E-state index in [0.29, 0.717) is 10.9 Å². The predicted octanol–water partition coefficient (Wildman–Crippen LogP) is 4.29. The van der Waals surface area contributed by atoms with E-state index < -0.39 is 0 Å². The van der Waals surface area contributed by atoms with Crippen molar-refractivity contribution in [2.24, 2.45) is 0 Å². The Morgan fingerprint density at radius 2 is 1.75 bits per heavy atom. The SMILES string of the molecule is O=[N+]([O-])c1cccc2nc(Sc3ccccc3)ccc12. The van der Waals surface area contributed by atoms with Gasteiger partial charge in [0.15, 0.2) is 0 Å². The first kappa shape index (κ1) is 12.6. The van der Waals surface area contributed by atoms with Gasteiger partial charge in [-0.2, -0.15) is 0 Å². The minimum Gasteiger partial charge on any atom is -0.258 e. The molecule has 0 amide bonds. The minimum atomic E-state index is -0.381. The number of nitro benzene ring substituents is 1. The van der Waals surface area contributed by atoms with E-state index in [1.165, 1.54) is 17.8 Å². The monoisotopic (exact) mass is 282 g/mol. The molecule has 0 radical (unpaired) electrons. The van der Waals surface area contributed by atoms with Crippen molar-refractivity contribution in [3.8, 4) is 0 Å². The molecule has 0 aliphatic heterocycles. The maximum atomic E-state index is 11.0. The Morgan fingerprint density at radius 1 is 0.950 bits per heavy atom. The molecular formula is C15H10N2O2S. The van der Waals surface area contributed by atoms with E-state index in [2.05, 4.69) is 4.98 Å². The molecule has 3 rings (SSSR count). The fourth-order valence-electron chi connectivity index (χ4n) is 1.95. The lowest BCUT2D eigenvalue weighted by atomic mass is 10.2. The van der Waals surface area contributed by atoms with Gasteiger partial charge in [-0.05, 0) is 30.3 Å². The summed E-state index contributed by atoms with van der Waals surface area (Å²) >= 11 is 1.54. The number of nitro groups is 1. The van der Waals surface area contributed by atoms with Gasteiger partial charge >= 0.3 is 0 Å². The first-order valence-corrected chi connectivity index (χ1v) is 6.83. The number of fused-ring (bicyclic) bond motifs is 1. The standard InChI is InChI=1S/C15H10N2O2S/c18-17(19)14-8-4-7-13-12(14)9-10-15(16-13)20-11-5-2-1-3-6-11/h1-10H. The van der Waals surface area contributed by atoms with Crippen molar-refractivity contribution in [3.63, 3.8) is 0 Å². The number of hydrogen-bond donors (Lipinski definition) is 0. The van der Waals surface area contributed by atoms with Gasteiger partial charge in [0.1, 0.15) is 5.03 Å². The molecule has 0 N–H and O–H groups in total. The Hall–Kier alpha value is -2.40. The maximum Gasteiger partial charge on any atom is 0.278 e. The smallest absolute Gasteiger partial charge is 0.258 e. The molecule has 3 aromatic rings. The highest BCUT2D eigenvalue weighted by molar-refractivity contribution is 7.99. The zero-order valence-electron chi connectivity index (χ0n) is 10.4. The molecule has 0 spiro atoms. The number of hydrogen-bond acceptors (Lipinski definition) is 4. The third-order valence-electron chi connectivity index (χ3n) is 2.85. The Kier molecular flexibility index (Phi) is 3.35. The van der Waals surface area contributed by atoms with Crippen molar-refractivity contribution in [1.82, 2.24) is 4.98 Å². The average Bonchev–Trinajstić information content (AvgIpc) is 2.47. The summed E-state index contributed by atoms with van der Waals surface area (Å²) in [7, 11) is 0. The molecule has 2 aromatic carbocycles. The van der Waals surface area contributed by atoms with Gasteiger partial charge in [-0.3, -0.25) is 10.1 Å². The third-order valence-corrected chi connectivity index (χ3v) is 3.79. The summed E-state index contributed by atoms with van der Waals surface area (Å²) in [5.74, 6) is 0. The summed E-state index contributed by atoms with van der Waals surface area (Å²) in [6.45, 7) is 0. The molecule has 1 aromatic heterocycles. The van der Waals surface area contributed by atoms with Crippen molar-refractivity contribution in [1.29, 1.82) is 0 Å². The van der Waals surface area contributed by atoms with Crippen LogP contribution in [-0.4, -0.2) is 9.91 Å². The number of benzene rings is 2. The van der Waals surface area contributed by atoms with E-state index in [9.17, 15) is 10.1 Å².